The van der Waals surface area contributed by atoms with Gasteiger partial charge in [-0.25, -0.2) is 9.37 Å². The first-order valence-corrected chi connectivity index (χ1v) is 13.4. The summed E-state index contributed by atoms with van der Waals surface area (Å²) in [4.78, 5) is 21.3. The van der Waals surface area contributed by atoms with Gasteiger partial charge in [-0.1, -0.05) is 19.1 Å². The third-order valence-electron chi connectivity index (χ3n) is 5.91. The molecule has 3 aromatic rings. The standard InChI is InChI=1S/C26H30FN6O2.C4H9.U/c1-2-12-33-13-10-19(11-14-33)17-35-23-8-6-20(7-9-23)31-26-28-16-24(27)25(32-26)30-22-5-3-4-21(15-22)29-18-34;1-4(2)3;/h3-9,15-16,19H,2,10-14,17H2,1H3,(H,29,34)(H2,28,30,31,32);1-3H3;/q2*-1;+2. The van der Waals surface area contributed by atoms with E-state index in [4.69, 9.17) is 4.74 Å². The van der Waals surface area contributed by atoms with E-state index in [1.54, 1.807) is 30.7 Å². The molecule has 1 aromatic heterocycles. The molecule has 2 aromatic carbocycles. The summed E-state index contributed by atoms with van der Waals surface area (Å²) in [6.07, 6.45) is 6.26. The van der Waals surface area contributed by atoms with E-state index in [0.717, 1.165) is 37.3 Å². The minimum atomic E-state index is -0.597. The number of aromatic nitrogens is 2. The molecule has 0 spiro atoms. The minimum absolute atomic E-state index is 0. The van der Waals surface area contributed by atoms with Gasteiger partial charge in [0.25, 0.3) is 0 Å². The fourth-order valence-electron chi connectivity index (χ4n) is 4.06. The second-order valence-corrected chi connectivity index (χ2v) is 10.1. The fourth-order valence-corrected chi connectivity index (χ4v) is 4.06. The smallest absolute Gasteiger partial charge is 0.493 e. The van der Waals surface area contributed by atoms with Crippen LogP contribution in [0.2, 0.25) is 0 Å². The molecule has 40 heavy (non-hydrogen) atoms. The average Bonchev–Trinajstić information content (AvgIpc) is 2.91. The van der Waals surface area contributed by atoms with Gasteiger partial charge in [-0.3, -0.25) is 0 Å². The van der Waals surface area contributed by atoms with Crippen LogP contribution in [-0.4, -0.2) is 47.5 Å². The Kier molecular flexibility index (Phi) is 15.0. The fraction of sp³-hybridized carbons (Fsp3) is 0.400. The first kappa shape index (κ1) is 33.5. The van der Waals surface area contributed by atoms with Gasteiger partial charge in [0.1, 0.15) is 5.75 Å². The van der Waals surface area contributed by atoms with E-state index in [0.29, 0.717) is 17.3 Å². The first-order chi connectivity index (χ1) is 18.9. The van der Waals surface area contributed by atoms with Crippen molar-refractivity contribution >= 4 is 35.2 Å². The monoisotopic (exact) mass is 772 g/mol. The van der Waals surface area contributed by atoms with Gasteiger partial charge in [0.2, 0.25) is 5.95 Å². The maximum atomic E-state index is 14.3. The number of hydrogen-bond acceptors (Lipinski definition) is 7. The van der Waals surface area contributed by atoms with E-state index < -0.39 is 5.82 Å². The van der Waals surface area contributed by atoms with Crippen LogP contribution in [0.25, 0.3) is 0 Å². The van der Waals surface area contributed by atoms with Crippen molar-refractivity contribution in [1.29, 1.82) is 0 Å². The molecule has 4 rings (SSSR count). The predicted octanol–water partition coefficient (Wildman–Crippen LogP) is 6.70. The molecule has 8 nitrogen and oxygen atoms in total. The van der Waals surface area contributed by atoms with Crippen molar-refractivity contribution in [2.75, 3.05) is 42.2 Å². The first-order valence-electron chi connectivity index (χ1n) is 13.4. The van der Waals surface area contributed by atoms with Crippen molar-refractivity contribution < 1.29 is 45.0 Å². The van der Waals surface area contributed by atoms with E-state index in [-0.39, 0.29) is 42.9 Å². The largest absolute Gasteiger partial charge is 2.00 e. The normalized spacial score (nSPS) is 13.4. The molecule has 2 heterocycles. The summed E-state index contributed by atoms with van der Waals surface area (Å²) >= 11 is 0. The number of hydrogen-bond donors (Lipinski definition) is 3. The van der Waals surface area contributed by atoms with Gasteiger partial charge in [-0.05, 0) is 75.1 Å². The van der Waals surface area contributed by atoms with Crippen LogP contribution < -0.4 is 20.7 Å². The summed E-state index contributed by atoms with van der Waals surface area (Å²) in [6, 6.07) is 14.4. The Balaban J connectivity index is 0.00000105. The van der Waals surface area contributed by atoms with E-state index in [9.17, 15) is 9.18 Å². The van der Waals surface area contributed by atoms with E-state index in [1.165, 1.54) is 31.7 Å². The van der Waals surface area contributed by atoms with Crippen LogP contribution in [0.3, 0.4) is 0 Å². The van der Waals surface area contributed by atoms with Gasteiger partial charge < -0.3 is 36.3 Å². The summed E-state index contributed by atoms with van der Waals surface area (Å²) in [6.45, 7) is 12.7. The second kappa shape index (κ2) is 17.9. The van der Waals surface area contributed by atoms with Gasteiger partial charge in [-0.15, -0.1) is 11.8 Å². The van der Waals surface area contributed by atoms with Crippen LogP contribution >= 0.6 is 0 Å². The van der Waals surface area contributed by atoms with Crippen molar-refractivity contribution in [3.05, 3.63) is 66.5 Å². The van der Waals surface area contributed by atoms with Crippen molar-refractivity contribution in [1.82, 2.24) is 14.9 Å². The average molecular weight is 773 g/mol. The number of anilines is 5. The van der Waals surface area contributed by atoms with Crippen LogP contribution in [0, 0.1) is 48.8 Å². The van der Waals surface area contributed by atoms with Crippen LogP contribution in [0.5, 0.6) is 5.75 Å². The number of carbonyl (C=O) groups excluding carboxylic acids is 1. The van der Waals surface area contributed by atoms with Gasteiger partial charge in [0, 0.05) is 11.4 Å². The number of halogens is 1. The number of nitrogens with one attached hydrogen (secondary N) is 3. The summed E-state index contributed by atoms with van der Waals surface area (Å²) in [7, 11) is 0. The molecule has 1 aliphatic rings. The molecule has 0 atom stereocenters. The molecule has 1 saturated heterocycles. The zero-order chi connectivity index (χ0) is 28.0. The minimum Gasteiger partial charge on any atom is -0.493 e. The summed E-state index contributed by atoms with van der Waals surface area (Å²) in [5.41, 5.74) is 1.85. The van der Waals surface area contributed by atoms with Gasteiger partial charge in [0.05, 0.1) is 19.2 Å². The third-order valence-corrected chi connectivity index (χ3v) is 5.91. The molecule has 1 fully saturated rings. The Hall–Kier alpha value is -2.67. The van der Waals surface area contributed by atoms with Gasteiger partial charge in [0.15, 0.2) is 11.6 Å². The molecule has 3 N–H and O–H groups in total. The maximum Gasteiger partial charge on any atom is 2.00 e. The number of amides is 1. The molecule has 0 radical (unpaired) electrons. The molecule has 212 valence electrons. The van der Waals surface area contributed by atoms with E-state index in [1.807, 2.05) is 24.3 Å². The number of ether oxygens (including phenoxy) is 1. The van der Waals surface area contributed by atoms with Gasteiger partial charge in [-0.2, -0.15) is 25.8 Å². The van der Waals surface area contributed by atoms with Crippen molar-refractivity contribution in [3.8, 4) is 5.75 Å². The van der Waals surface area contributed by atoms with Crippen LogP contribution in [0.1, 0.15) is 47.0 Å². The van der Waals surface area contributed by atoms with Crippen LogP contribution in [0.15, 0.2) is 54.7 Å². The zero-order valence-electron chi connectivity index (χ0n) is 23.8. The summed E-state index contributed by atoms with van der Waals surface area (Å²) in [5.74, 6) is 2.49. The number of piperidine rings is 1. The molecule has 1 aliphatic heterocycles. The van der Waals surface area contributed by atoms with E-state index in [2.05, 4.69) is 58.5 Å². The van der Waals surface area contributed by atoms with Gasteiger partial charge >= 0.3 is 31.1 Å². The molecule has 10 heteroatoms. The Morgan fingerprint density at radius 1 is 1.05 bits per heavy atom. The van der Waals surface area contributed by atoms with Crippen molar-refractivity contribution in [2.45, 2.75) is 47.0 Å². The zero-order valence-corrected chi connectivity index (χ0v) is 27.9. The molecule has 0 aliphatic carbocycles. The Labute approximate surface area is 261 Å². The quantitative estimate of drug-likeness (QED) is 0.148. The Morgan fingerprint density at radius 3 is 2.38 bits per heavy atom. The summed E-state index contributed by atoms with van der Waals surface area (Å²) < 4.78 is 20.3. The maximum absolute atomic E-state index is 14.3. The Morgan fingerprint density at radius 2 is 1.73 bits per heavy atom. The summed E-state index contributed by atoms with van der Waals surface area (Å²) in [5, 5.41) is 8.42. The second-order valence-electron chi connectivity index (χ2n) is 10.1. The van der Waals surface area contributed by atoms with Crippen LogP contribution in [-0.2, 0) is 4.79 Å². The number of benzene rings is 2. The molecule has 0 saturated carbocycles. The molecule has 1 amide bonds. The molecule has 0 unspecified atom stereocenters. The van der Waals surface area contributed by atoms with Crippen LogP contribution in [0.4, 0.5) is 33.2 Å². The number of nitrogens with zero attached hydrogens (tertiary/aromatic N) is 3. The number of likely N-dealkylation sites (tertiary alicyclic amines) is 1. The molecule has 0 bridgehead atoms. The van der Waals surface area contributed by atoms with Crippen molar-refractivity contribution in [3.63, 3.8) is 0 Å². The SMILES string of the molecule is CCCN1CCC(COc2ccc(Nc3ncc(F)c(Nc4cccc(N[C-]=O)c4)n3)cc2)CC1.C[C-](C)C.[U+2]. The van der Waals surface area contributed by atoms with Crippen molar-refractivity contribution in [2.24, 2.45) is 5.92 Å². The topological polar surface area (TPSA) is 91.4 Å². The van der Waals surface area contributed by atoms with E-state index >= 15 is 0 Å². The third kappa shape index (κ3) is 11.8. The number of rotatable bonds is 11. The predicted molar refractivity (Wildman–Crippen MR) is 156 cm³/mol. The molecular formula is C30H39FN6O2U. The Bertz CT molecular complexity index is 1150. The molecular weight excluding hydrogens is 733 g/mol.